The number of nitrogens with one attached hydrogen (secondary N) is 2. The molecule has 0 unspecified atom stereocenters. The average molecular weight is 340 g/mol. The van der Waals surface area contributed by atoms with Gasteiger partial charge in [-0.1, -0.05) is 30.3 Å². The Morgan fingerprint density at radius 1 is 1.04 bits per heavy atom. The van der Waals surface area contributed by atoms with E-state index < -0.39 is 12.4 Å². The van der Waals surface area contributed by atoms with E-state index in [1.807, 2.05) is 0 Å². The van der Waals surface area contributed by atoms with Crippen molar-refractivity contribution in [2.24, 2.45) is 0 Å². The number of anilines is 1. The summed E-state index contributed by atoms with van der Waals surface area (Å²) in [6.07, 6.45) is -4.80. The summed E-state index contributed by atoms with van der Waals surface area (Å²) >= 11 is 0. The number of ether oxygens (including phenoxy) is 2. The maximum Gasteiger partial charge on any atom is 0.573 e. The summed E-state index contributed by atoms with van der Waals surface area (Å²) in [6.45, 7) is -0.132. The lowest BCUT2D eigenvalue weighted by atomic mass is 10.2. The highest BCUT2D eigenvalue weighted by Crippen LogP contribution is 2.26. The molecule has 8 heteroatoms. The van der Waals surface area contributed by atoms with Crippen molar-refractivity contribution in [1.29, 1.82) is 0 Å². The smallest absolute Gasteiger partial charge is 0.495 e. The molecule has 0 saturated heterocycles. The lowest BCUT2D eigenvalue weighted by molar-refractivity contribution is -0.274. The van der Waals surface area contributed by atoms with Gasteiger partial charge in [0.2, 0.25) is 0 Å². The summed E-state index contributed by atoms with van der Waals surface area (Å²) in [5.41, 5.74) is 0.641. The first kappa shape index (κ1) is 17.5. The van der Waals surface area contributed by atoms with Crippen molar-refractivity contribution in [2.45, 2.75) is 12.9 Å². The van der Waals surface area contributed by atoms with Crippen LogP contribution < -0.4 is 20.1 Å². The van der Waals surface area contributed by atoms with Gasteiger partial charge in [0.15, 0.2) is 0 Å². The number of methoxy groups -OCH3 is 1. The summed E-state index contributed by atoms with van der Waals surface area (Å²) in [5, 5.41) is 5.03. The Hall–Kier alpha value is -2.90. The first-order chi connectivity index (χ1) is 11.4. The molecule has 128 valence electrons. The van der Waals surface area contributed by atoms with Gasteiger partial charge < -0.3 is 20.1 Å². The van der Waals surface area contributed by atoms with Crippen molar-refractivity contribution in [3.63, 3.8) is 0 Å². The van der Waals surface area contributed by atoms with E-state index in [2.05, 4.69) is 15.4 Å². The van der Waals surface area contributed by atoms with Gasteiger partial charge >= 0.3 is 12.4 Å². The molecule has 0 heterocycles. The molecule has 0 atom stereocenters. The molecular weight excluding hydrogens is 325 g/mol. The molecule has 2 amide bonds. The van der Waals surface area contributed by atoms with Gasteiger partial charge in [-0.3, -0.25) is 0 Å². The van der Waals surface area contributed by atoms with Crippen LogP contribution in [0.25, 0.3) is 0 Å². The van der Waals surface area contributed by atoms with Gasteiger partial charge in [-0.25, -0.2) is 4.79 Å². The fraction of sp³-hybridized carbons (Fsp3) is 0.188. The highest BCUT2D eigenvalue weighted by atomic mass is 19.4. The second kappa shape index (κ2) is 7.58. The zero-order chi connectivity index (χ0) is 17.6. The first-order valence-corrected chi connectivity index (χ1v) is 6.90. The van der Waals surface area contributed by atoms with Crippen molar-refractivity contribution in [1.82, 2.24) is 5.32 Å². The highest BCUT2D eigenvalue weighted by Gasteiger charge is 2.31. The van der Waals surface area contributed by atoms with Gasteiger partial charge in [0.25, 0.3) is 0 Å². The summed E-state index contributed by atoms with van der Waals surface area (Å²) in [5.74, 6) is 0.107. The number of benzene rings is 2. The third-order valence-electron chi connectivity index (χ3n) is 2.99. The predicted octanol–water partition coefficient (Wildman–Crippen LogP) is 3.92. The molecule has 0 fully saturated rings. The van der Waals surface area contributed by atoms with Crippen LogP contribution in [-0.4, -0.2) is 19.5 Å². The molecule has 24 heavy (non-hydrogen) atoms. The molecule has 0 aliphatic rings. The largest absolute Gasteiger partial charge is 0.573 e. The molecule has 2 N–H and O–H groups in total. The number of hydrogen-bond donors (Lipinski definition) is 2. The second-order valence-electron chi connectivity index (χ2n) is 4.66. The Kier molecular flexibility index (Phi) is 5.51. The monoisotopic (exact) mass is 340 g/mol. The zero-order valence-corrected chi connectivity index (χ0v) is 12.7. The second-order valence-corrected chi connectivity index (χ2v) is 4.66. The Morgan fingerprint density at radius 3 is 2.33 bits per heavy atom. The van der Waals surface area contributed by atoms with E-state index in [-0.39, 0.29) is 17.9 Å². The molecule has 0 aliphatic heterocycles. The van der Waals surface area contributed by atoms with E-state index in [4.69, 9.17) is 4.74 Å². The quantitative estimate of drug-likeness (QED) is 0.867. The van der Waals surface area contributed by atoms with Crippen molar-refractivity contribution < 1.29 is 27.4 Å². The summed E-state index contributed by atoms with van der Waals surface area (Å²) < 4.78 is 46.1. The average Bonchev–Trinajstić information content (AvgIpc) is 2.53. The van der Waals surface area contributed by atoms with Gasteiger partial charge in [0.05, 0.1) is 12.8 Å². The van der Waals surface area contributed by atoms with Crippen LogP contribution in [0.1, 0.15) is 5.56 Å². The number of rotatable bonds is 5. The lowest BCUT2D eigenvalue weighted by Crippen LogP contribution is -2.29. The first-order valence-electron chi connectivity index (χ1n) is 6.90. The van der Waals surface area contributed by atoms with E-state index in [9.17, 15) is 18.0 Å². The minimum Gasteiger partial charge on any atom is -0.495 e. The molecule has 5 nitrogen and oxygen atoms in total. The van der Waals surface area contributed by atoms with E-state index in [0.717, 1.165) is 0 Å². The van der Waals surface area contributed by atoms with Gasteiger partial charge in [0, 0.05) is 12.1 Å². The van der Waals surface area contributed by atoms with Crippen LogP contribution in [0.4, 0.5) is 23.7 Å². The number of alkyl halides is 3. The van der Waals surface area contributed by atoms with Crippen LogP contribution in [0.2, 0.25) is 0 Å². The van der Waals surface area contributed by atoms with E-state index >= 15 is 0 Å². The van der Waals surface area contributed by atoms with E-state index in [1.54, 1.807) is 30.3 Å². The standard InChI is InChI=1S/C16H15F3N2O3/c1-23-14-9-5-3-7-12(14)21-15(22)20-10-11-6-2-4-8-13(11)24-16(17,18)19/h2-9H,10H2,1H3,(H2,20,21,22). The maximum atomic E-state index is 12.4. The van der Waals surface area contributed by atoms with Gasteiger partial charge in [-0.05, 0) is 18.2 Å². The molecular formula is C16H15F3N2O3. The summed E-state index contributed by atoms with van der Waals surface area (Å²) in [6, 6.07) is 11.8. The van der Waals surface area contributed by atoms with Crippen LogP contribution in [0.5, 0.6) is 11.5 Å². The Balaban J connectivity index is 1.99. The maximum absolute atomic E-state index is 12.4. The Morgan fingerprint density at radius 2 is 1.67 bits per heavy atom. The predicted molar refractivity (Wildman–Crippen MR) is 82.0 cm³/mol. The van der Waals surface area contributed by atoms with Crippen molar-refractivity contribution in [3.8, 4) is 11.5 Å². The van der Waals surface area contributed by atoms with Gasteiger partial charge in [-0.2, -0.15) is 0 Å². The van der Waals surface area contributed by atoms with Crippen LogP contribution >= 0.6 is 0 Å². The molecule has 0 aromatic heterocycles. The highest BCUT2D eigenvalue weighted by molar-refractivity contribution is 5.90. The van der Waals surface area contributed by atoms with Crippen LogP contribution in [0, 0.1) is 0 Å². The number of carbonyl (C=O) groups excluding carboxylic acids is 1. The Bertz CT molecular complexity index is 705. The van der Waals surface area contributed by atoms with Gasteiger partial charge in [-0.15, -0.1) is 13.2 Å². The van der Waals surface area contributed by atoms with Crippen LogP contribution in [0.3, 0.4) is 0 Å². The third-order valence-corrected chi connectivity index (χ3v) is 2.99. The molecule has 0 saturated carbocycles. The minimum atomic E-state index is -4.80. The van der Waals surface area contributed by atoms with Crippen LogP contribution in [-0.2, 0) is 6.54 Å². The third kappa shape index (κ3) is 5.08. The minimum absolute atomic E-state index is 0.132. The normalized spacial score (nSPS) is 10.8. The molecule has 2 aromatic rings. The number of urea groups is 1. The number of halogens is 3. The lowest BCUT2D eigenvalue weighted by Gasteiger charge is -2.14. The van der Waals surface area contributed by atoms with Gasteiger partial charge in [0.1, 0.15) is 11.5 Å². The van der Waals surface area contributed by atoms with Crippen LogP contribution in [0.15, 0.2) is 48.5 Å². The fourth-order valence-electron chi connectivity index (χ4n) is 1.96. The number of carbonyl (C=O) groups is 1. The molecule has 0 bridgehead atoms. The molecule has 0 aliphatic carbocycles. The topological polar surface area (TPSA) is 59.6 Å². The summed E-state index contributed by atoms with van der Waals surface area (Å²) in [7, 11) is 1.46. The molecule has 0 radical (unpaired) electrons. The molecule has 0 spiro atoms. The zero-order valence-electron chi connectivity index (χ0n) is 12.7. The Labute approximate surface area is 136 Å². The fourth-order valence-corrected chi connectivity index (χ4v) is 1.96. The van der Waals surface area contributed by atoms with Crippen molar-refractivity contribution in [3.05, 3.63) is 54.1 Å². The van der Waals surface area contributed by atoms with E-state index in [0.29, 0.717) is 11.4 Å². The summed E-state index contributed by atoms with van der Waals surface area (Å²) in [4.78, 5) is 11.9. The van der Waals surface area contributed by atoms with Crippen molar-refractivity contribution in [2.75, 3.05) is 12.4 Å². The number of hydrogen-bond acceptors (Lipinski definition) is 3. The van der Waals surface area contributed by atoms with E-state index in [1.165, 1.54) is 25.3 Å². The molecule has 2 rings (SSSR count). The molecule has 2 aromatic carbocycles. The SMILES string of the molecule is COc1ccccc1NC(=O)NCc1ccccc1OC(F)(F)F. The number of para-hydroxylation sites is 3. The number of amides is 2. The van der Waals surface area contributed by atoms with Crippen molar-refractivity contribution >= 4 is 11.7 Å².